The van der Waals surface area contributed by atoms with Crippen molar-refractivity contribution in [3.8, 4) is 0 Å². The zero-order chi connectivity index (χ0) is 14.8. The number of hydrogen-bond acceptors (Lipinski definition) is 3. The molecule has 4 nitrogen and oxygen atoms in total. The largest absolute Gasteiger partial charge is 0.461 e. The Bertz CT molecular complexity index is 791. The highest BCUT2D eigenvalue weighted by molar-refractivity contribution is 6.06. The van der Waals surface area contributed by atoms with Gasteiger partial charge in [-0.25, -0.2) is 0 Å². The van der Waals surface area contributed by atoms with Gasteiger partial charge < -0.3 is 14.4 Å². The molecule has 0 fully saturated rings. The number of carbonyl (C=O) groups is 1. The lowest BCUT2D eigenvalue weighted by molar-refractivity contribution is -0.129. The van der Waals surface area contributed by atoms with E-state index < -0.39 is 0 Å². The average molecular weight is 283 g/mol. The molecule has 0 aliphatic carbocycles. The van der Waals surface area contributed by atoms with Crippen molar-refractivity contribution in [1.82, 2.24) is 4.90 Å². The Labute approximate surface area is 122 Å². The highest BCUT2D eigenvalue weighted by atomic mass is 16.3. The first-order chi connectivity index (χ1) is 10.2. The number of aliphatic hydroxyl groups excluding tert-OH is 1. The molecule has 4 heteroatoms. The fourth-order valence-corrected chi connectivity index (χ4v) is 2.49. The van der Waals surface area contributed by atoms with Gasteiger partial charge in [0, 0.05) is 19.0 Å². The van der Waals surface area contributed by atoms with Crippen LogP contribution >= 0.6 is 0 Å². The van der Waals surface area contributed by atoms with Crippen molar-refractivity contribution in [2.75, 3.05) is 20.2 Å². The number of carbonyl (C=O) groups excluding carboxylic acids is 1. The fourth-order valence-electron chi connectivity index (χ4n) is 2.49. The van der Waals surface area contributed by atoms with Crippen LogP contribution < -0.4 is 0 Å². The van der Waals surface area contributed by atoms with Crippen molar-refractivity contribution >= 4 is 27.6 Å². The van der Waals surface area contributed by atoms with Crippen LogP contribution in [-0.2, 0) is 11.2 Å². The minimum absolute atomic E-state index is 0.0347. The summed E-state index contributed by atoms with van der Waals surface area (Å²) in [5.41, 5.74) is 0.793. The molecule has 0 unspecified atom stereocenters. The molecule has 0 aliphatic rings. The van der Waals surface area contributed by atoms with E-state index in [9.17, 15) is 4.79 Å². The lowest BCUT2D eigenvalue weighted by Gasteiger charge is -2.14. The third kappa shape index (κ3) is 2.62. The van der Waals surface area contributed by atoms with Gasteiger partial charge in [0.2, 0.25) is 5.91 Å². The first-order valence-corrected chi connectivity index (χ1v) is 6.94. The molecule has 0 saturated heterocycles. The smallest absolute Gasteiger partial charge is 0.230 e. The van der Waals surface area contributed by atoms with Crippen molar-refractivity contribution in [3.05, 3.63) is 48.2 Å². The molecule has 0 saturated carbocycles. The third-order valence-electron chi connectivity index (χ3n) is 3.66. The number of aliphatic hydroxyl groups is 1. The summed E-state index contributed by atoms with van der Waals surface area (Å²) in [7, 11) is 1.68. The first-order valence-electron chi connectivity index (χ1n) is 6.94. The van der Waals surface area contributed by atoms with Crippen LogP contribution in [0, 0.1) is 0 Å². The minimum atomic E-state index is -0.0626. The molecule has 0 spiro atoms. The molecule has 3 aromatic rings. The normalized spacial score (nSPS) is 11.1. The second kappa shape index (κ2) is 5.58. The summed E-state index contributed by atoms with van der Waals surface area (Å²) < 4.78 is 5.77. The molecule has 1 aromatic heterocycles. The Morgan fingerprint density at radius 2 is 2.00 bits per heavy atom. The number of nitrogens with zero attached hydrogens (tertiary/aromatic N) is 1. The van der Waals surface area contributed by atoms with Gasteiger partial charge in [-0.1, -0.05) is 30.3 Å². The Morgan fingerprint density at radius 3 is 2.81 bits per heavy atom. The summed E-state index contributed by atoms with van der Waals surface area (Å²) in [4.78, 5) is 13.5. The van der Waals surface area contributed by atoms with Crippen LogP contribution in [0.1, 0.15) is 5.76 Å². The quantitative estimate of drug-likeness (QED) is 0.800. The monoisotopic (exact) mass is 283 g/mol. The topological polar surface area (TPSA) is 53.7 Å². The predicted molar refractivity (Wildman–Crippen MR) is 82.1 cm³/mol. The summed E-state index contributed by atoms with van der Waals surface area (Å²) in [6.45, 7) is 0.301. The number of benzene rings is 2. The Morgan fingerprint density at radius 1 is 1.19 bits per heavy atom. The summed E-state index contributed by atoms with van der Waals surface area (Å²) in [5.74, 6) is 0.587. The fraction of sp³-hybridized carbons (Fsp3) is 0.235. The molecule has 0 aliphatic heterocycles. The lowest BCUT2D eigenvalue weighted by Crippen LogP contribution is -2.30. The highest BCUT2D eigenvalue weighted by Crippen LogP contribution is 2.28. The highest BCUT2D eigenvalue weighted by Gasteiger charge is 2.13. The van der Waals surface area contributed by atoms with E-state index in [1.807, 2.05) is 30.3 Å². The van der Waals surface area contributed by atoms with Crippen LogP contribution in [0.2, 0.25) is 0 Å². The van der Waals surface area contributed by atoms with Gasteiger partial charge in [-0.3, -0.25) is 4.79 Å². The zero-order valence-corrected chi connectivity index (χ0v) is 11.9. The van der Waals surface area contributed by atoms with Crippen LogP contribution in [0.15, 0.2) is 46.9 Å². The maximum atomic E-state index is 12.0. The van der Waals surface area contributed by atoms with Crippen molar-refractivity contribution < 1.29 is 14.3 Å². The molecule has 1 N–H and O–H groups in total. The second-order valence-corrected chi connectivity index (χ2v) is 5.13. The zero-order valence-electron chi connectivity index (χ0n) is 11.9. The first kappa shape index (κ1) is 13.6. The van der Waals surface area contributed by atoms with E-state index in [0.29, 0.717) is 12.3 Å². The van der Waals surface area contributed by atoms with E-state index in [0.717, 1.165) is 21.7 Å². The lowest BCUT2D eigenvalue weighted by atomic mass is 10.1. The predicted octanol–water partition coefficient (Wildman–Crippen LogP) is 2.58. The second-order valence-electron chi connectivity index (χ2n) is 5.13. The van der Waals surface area contributed by atoms with E-state index in [-0.39, 0.29) is 18.9 Å². The molecule has 0 radical (unpaired) electrons. The molecule has 1 heterocycles. The van der Waals surface area contributed by atoms with Crippen molar-refractivity contribution in [1.29, 1.82) is 0 Å². The Hall–Kier alpha value is -2.33. The molecular formula is C17H17NO3. The van der Waals surface area contributed by atoms with Crippen LogP contribution in [-0.4, -0.2) is 36.1 Å². The SMILES string of the molecule is CN(CCO)C(=O)Cc1cc2c(ccc3ccccc32)o1. The minimum Gasteiger partial charge on any atom is -0.461 e. The summed E-state index contributed by atoms with van der Waals surface area (Å²) in [6, 6.07) is 14.0. The van der Waals surface area contributed by atoms with Crippen molar-refractivity contribution in [2.45, 2.75) is 6.42 Å². The van der Waals surface area contributed by atoms with Gasteiger partial charge in [0.25, 0.3) is 0 Å². The standard InChI is InChI=1S/C17H17NO3/c1-18(8-9-19)17(20)11-13-10-15-14-5-3-2-4-12(14)6-7-16(15)21-13/h2-7,10,19H,8-9,11H2,1H3. The van der Waals surface area contributed by atoms with Crippen molar-refractivity contribution in [3.63, 3.8) is 0 Å². The van der Waals surface area contributed by atoms with Gasteiger partial charge >= 0.3 is 0 Å². The van der Waals surface area contributed by atoms with Gasteiger partial charge in [0.05, 0.1) is 13.0 Å². The number of hydrogen-bond donors (Lipinski definition) is 1. The maximum absolute atomic E-state index is 12.0. The number of rotatable bonds is 4. The molecule has 0 bridgehead atoms. The van der Waals surface area contributed by atoms with E-state index in [1.165, 1.54) is 4.90 Å². The Balaban J connectivity index is 1.94. The molecule has 3 rings (SSSR count). The molecule has 0 atom stereocenters. The maximum Gasteiger partial charge on any atom is 0.230 e. The summed E-state index contributed by atoms with van der Waals surface area (Å²) in [6.07, 6.45) is 0.208. The molecular weight excluding hydrogens is 266 g/mol. The van der Waals surface area contributed by atoms with Crippen LogP contribution in [0.5, 0.6) is 0 Å². The number of likely N-dealkylation sites (N-methyl/N-ethyl adjacent to an activating group) is 1. The Kier molecular flexibility index (Phi) is 3.62. The van der Waals surface area contributed by atoms with Crippen LogP contribution in [0.25, 0.3) is 21.7 Å². The molecule has 1 amide bonds. The van der Waals surface area contributed by atoms with E-state index >= 15 is 0 Å². The van der Waals surface area contributed by atoms with Crippen LogP contribution in [0.4, 0.5) is 0 Å². The van der Waals surface area contributed by atoms with Gasteiger partial charge in [0.15, 0.2) is 0 Å². The summed E-state index contributed by atoms with van der Waals surface area (Å²) in [5, 5.41) is 12.2. The number of amides is 1. The van der Waals surface area contributed by atoms with E-state index in [1.54, 1.807) is 7.05 Å². The average Bonchev–Trinajstić information content (AvgIpc) is 2.90. The third-order valence-corrected chi connectivity index (χ3v) is 3.66. The van der Waals surface area contributed by atoms with E-state index in [4.69, 9.17) is 9.52 Å². The van der Waals surface area contributed by atoms with Gasteiger partial charge in [0.1, 0.15) is 11.3 Å². The molecule has 108 valence electrons. The summed E-state index contributed by atoms with van der Waals surface area (Å²) >= 11 is 0. The number of fused-ring (bicyclic) bond motifs is 3. The number of furan rings is 1. The van der Waals surface area contributed by atoms with Crippen molar-refractivity contribution in [2.24, 2.45) is 0 Å². The van der Waals surface area contributed by atoms with Crippen LogP contribution in [0.3, 0.4) is 0 Å². The van der Waals surface area contributed by atoms with Gasteiger partial charge in [-0.2, -0.15) is 0 Å². The molecule has 21 heavy (non-hydrogen) atoms. The van der Waals surface area contributed by atoms with E-state index in [2.05, 4.69) is 12.1 Å². The van der Waals surface area contributed by atoms with Gasteiger partial charge in [-0.15, -0.1) is 0 Å². The molecule has 2 aromatic carbocycles. The van der Waals surface area contributed by atoms with Gasteiger partial charge in [-0.05, 0) is 22.9 Å².